The minimum absolute atomic E-state index is 0.316. The first kappa shape index (κ1) is 17.9. The van der Waals surface area contributed by atoms with Crippen LogP contribution in [0.5, 0.6) is 5.88 Å². The molecule has 1 N–H and O–H groups in total. The number of aryl methyl sites for hydroxylation is 2. The Bertz CT molecular complexity index is 637. The zero-order valence-electron chi connectivity index (χ0n) is 14.2. The summed E-state index contributed by atoms with van der Waals surface area (Å²) < 4.78 is 5.62. The lowest BCUT2D eigenvalue weighted by Crippen LogP contribution is -2.15. The number of hydrogen-bond acceptors (Lipinski definition) is 4. The summed E-state index contributed by atoms with van der Waals surface area (Å²) in [6.07, 6.45) is 4.53. The van der Waals surface area contributed by atoms with Crippen molar-refractivity contribution < 1.29 is 14.6 Å². The van der Waals surface area contributed by atoms with Crippen LogP contribution in [0.1, 0.15) is 27.9 Å². The molecule has 0 spiro atoms. The molecule has 1 heterocycles. The minimum Gasteiger partial charge on any atom is -0.478 e. The second kappa shape index (κ2) is 9.03. The van der Waals surface area contributed by atoms with Gasteiger partial charge in [0.1, 0.15) is 0 Å². The summed E-state index contributed by atoms with van der Waals surface area (Å²) in [6, 6.07) is 10.9. The van der Waals surface area contributed by atoms with E-state index in [2.05, 4.69) is 9.88 Å². The molecule has 1 aromatic heterocycles. The van der Waals surface area contributed by atoms with Gasteiger partial charge >= 0.3 is 5.97 Å². The van der Waals surface area contributed by atoms with Gasteiger partial charge in [-0.1, -0.05) is 18.2 Å². The van der Waals surface area contributed by atoms with Crippen molar-refractivity contribution in [2.75, 3.05) is 27.2 Å². The first-order valence-electron chi connectivity index (χ1n) is 8.09. The Morgan fingerprint density at radius 3 is 2.33 bits per heavy atom. The van der Waals surface area contributed by atoms with Gasteiger partial charge < -0.3 is 14.7 Å². The summed E-state index contributed by atoms with van der Waals surface area (Å²) in [5, 5.41) is 8.89. The van der Waals surface area contributed by atoms with E-state index >= 15 is 0 Å². The van der Waals surface area contributed by atoms with E-state index in [0.29, 0.717) is 18.1 Å². The zero-order valence-corrected chi connectivity index (χ0v) is 14.2. The molecule has 5 heteroatoms. The van der Waals surface area contributed by atoms with Crippen molar-refractivity contribution in [3.8, 4) is 5.88 Å². The molecule has 0 radical (unpaired) electrons. The van der Waals surface area contributed by atoms with Crippen LogP contribution in [0.3, 0.4) is 0 Å². The molecule has 1 aromatic carbocycles. The Kier molecular flexibility index (Phi) is 6.75. The minimum atomic E-state index is -0.896. The third kappa shape index (κ3) is 6.01. The molecular formula is C19H24N2O3. The number of nitrogens with zero attached hydrogens (tertiary/aromatic N) is 2. The molecule has 0 aliphatic heterocycles. The first-order valence-corrected chi connectivity index (χ1v) is 8.09. The van der Waals surface area contributed by atoms with Gasteiger partial charge in [-0.2, -0.15) is 0 Å². The molecular weight excluding hydrogens is 304 g/mol. The number of pyridine rings is 1. The van der Waals surface area contributed by atoms with Crippen molar-refractivity contribution in [1.29, 1.82) is 0 Å². The van der Waals surface area contributed by atoms with Crippen molar-refractivity contribution in [2.24, 2.45) is 0 Å². The van der Waals surface area contributed by atoms with E-state index in [4.69, 9.17) is 9.84 Å². The molecule has 0 bridgehead atoms. The summed E-state index contributed by atoms with van der Waals surface area (Å²) in [5.41, 5.74) is 2.57. The average molecular weight is 328 g/mol. The largest absolute Gasteiger partial charge is 0.478 e. The third-order valence-electron chi connectivity index (χ3n) is 3.70. The molecule has 128 valence electrons. The normalized spacial score (nSPS) is 10.8. The topological polar surface area (TPSA) is 62.7 Å². The van der Waals surface area contributed by atoms with Gasteiger partial charge in [-0.05, 0) is 56.6 Å². The molecule has 0 saturated carbocycles. The van der Waals surface area contributed by atoms with E-state index in [-0.39, 0.29) is 0 Å². The van der Waals surface area contributed by atoms with E-state index in [1.807, 2.05) is 44.6 Å². The number of carboxylic acids is 1. The molecule has 0 aliphatic carbocycles. The number of benzene rings is 1. The quantitative estimate of drug-likeness (QED) is 0.717. The smallest absolute Gasteiger partial charge is 0.335 e. The molecule has 0 saturated heterocycles. The molecule has 0 aliphatic rings. The van der Waals surface area contributed by atoms with Gasteiger partial charge in [-0.3, -0.25) is 0 Å². The maximum atomic E-state index is 10.8. The predicted octanol–water partition coefficient (Wildman–Crippen LogP) is 2.90. The first-order chi connectivity index (χ1) is 11.5. The van der Waals surface area contributed by atoms with Gasteiger partial charge in [0.05, 0.1) is 12.2 Å². The molecule has 5 nitrogen and oxygen atoms in total. The molecule has 0 amide bonds. The van der Waals surface area contributed by atoms with Gasteiger partial charge in [0.15, 0.2) is 0 Å². The maximum absolute atomic E-state index is 10.8. The second-order valence-corrected chi connectivity index (χ2v) is 6.01. The van der Waals surface area contributed by atoms with Crippen LogP contribution in [0.25, 0.3) is 0 Å². The van der Waals surface area contributed by atoms with Gasteiger partial charge in [0.25, 0.3) is 0 Å². The monoisotopic (exact) mass is 328 g/mol. The Labute approximate surface area is 142 Å². The Balaban J connectivity index is 1.78. The van der Waals surface area contributed by atoms with E-state index in [9.17, 15) is 4.79 Å². The number of rotatable bonds is 9. The number of carbonyl (C=O) groups is 1. The van der Waals surface area contributed by atoms with Gasteiger partial charge in [0.2, 0.25) is 5.88 Å². The van der Waals surface area contributed by atoms with Crippen molar-refractivity contribution in [2.45, 2.75) is 19.3 Å². The number of hydrogen-bond donors (Lipinski definition) is 1. The van der Waals surface area contributed by atoms with E-state index in [0.717, 1.165) is 36.9 Å². The van der Waals surface area contributed by atoms with E-state index in [1.165, 1.54) is 0 Å². The number of aromatic nitrogens is 1. The van der Waals surface area contributed by atoms with Crippen molar-refractivity contribution in [3.63, 3.8) is 0 Å². The Morgan fingerprint density at radius 2 is 1.75 bits per heavy atom. The fourth-order valence-corrected chi connectivity index (χ4v) is 2.30. The summed E-state index contributed by atoms with van der Waals surface area (Å²) >= 11 is 0. The highest BCUT2D eigenvalue weighted by atomic mass is 16.5. The number of ether oxygens (including phenoxy) is 1. The number of aromatic carboxylic acids is 1. The summed E-state index contributed by atoms with van der Waals surface area (Å²) in [4.78, 5) is 17.3. The SMILES string of the molecule is CN(C)CCCOc1ccc(CCc2ccc(C(=O)O)cc2)cn1. The van der Waals surface area contributed by atoms with Crippen LogP contribution in [-0.4, -0.2) is 48.2 Å². The Morgan fingerprint density at radius 1 is 1.08 bits per heavy atom. The standard InChI is InChI=1S/C19H24N2O3/c1-21(2)12-3-13-24-18-11-8-16(14-20-18)5-4-15-6-9-17(10-7-15)19(22)23/h6-11,14H,3-5,12-13H2,1-2H3,(H,22,23). The molecule has 2 rings (SSSR count). The third-order valence-corrected chi connectivity index (χ3v) is 3.70. The maximum Gasteiger partial charge on any atom is 0.335 e. The van der Waals surface area contributed by atoms with Gasteiger partial charge in [-0.25, -0.2) is 9.78 Å². The van der Waals surface area contributed by atoms with E-state index < -0.39 is 5.97 Å². The summed E-state index contributed by atoms with van der Waals surface area (Å²) in [5.74, 6) is -0.241. The van der Waals surface area contributed by atoms with Crippen molar-refractivity contribution >= 4 is 5.97 Å². The van der Waals surface area contributed by atoms with Crippen LogP contribution in [0.2, 0.25) is 0 Å². The fourth-order valence-electron chi connectivity index (χ4n) is 2.30. The molecule has 2 aromatic rings. The van der Waals surface area contributed by atoms with Gasteiger partial charge in [0, 0.05) is 18.8 Å². The van der Waals surface area contributed by atoms with Crippen LogP contribution in [0.15, 0.2) is 42.6 Å². The lowest BCUT2D eigenvalue weighted by molar-refractivity contribution is 0.0697. The van der Waals surface area contributed by atoms with Crippen LogP contribution < -0.4 is 4.74 Å². The van der Waals surface area contributed by atoms with Crippen LogP contribution in [0.4, 0.5) is 0 Å². The lowest BCUT2D eigenvalue weighted by Gasteiger charge is -2.10. The molecule has 0 fully saturated rings. The van der Waals surface area contributed by atoms with Gasteiger partial charge in [-0.15, -0.1) is 0 Å². The zero-order chi connectivity index (χ0) is 17.4. The van der Waals surface area contributed by atoms with Crippen LogP contribution >= 0.6 is 0 Å². The highest BCUT2D eigenvalue weighted by Gasteiger charge is 2.03. The van der Waals surface area contributed by atoms with E-state index in [1.54, 1.807) is 12.1 Å². The summed E-state index contributed by atoms with van der Waals surface area (Å²) in [7, 11) is 4.09. The second-order valence-electron chi connectivity index (χ2n) is 6.01. The van der Waals surface area contributed by atoms with Crippen molar-refractivity contribution in [3.05, 3.63) is 59.3 Å². The van der Waals surface area contributed by atoms with Crippen LogP contribution in [0, 0.1) is 0 Å². The Hall–Kier alpha value is -2.40. The molecule has 0 atom stereocenters. The van der Waals surface area contributed by atoms with Crippen LogP contribution in [-0.2, 0) is 12.8 Å². The molecule has 24 heavy (non-hydrogen) atoms. The lowest BCUT2D eigenvalue weighted by atomic mass is 10.0. The average Bonchev–Trinajstić information content (AvgIpc) is 2.58. The fraction of sp³-hybridized carbons (Fsp3) is 0.368. The highest BCUT2D eigenvalue weighted by molar-refractivity contribution is 5.87. The summed E-state index contributed by atoms with van der Waals surface area (Å²) in [6.45, 7) is 1.67. The van der Waals surface area contributed by atoms with Crippen molar-refractivity contribution in [1.82, 2.24) is 9.88 Å². The number of carboxylic acid groups (broad SMARTS) is 1. The molecule has 0 unspecified atom stereocenters. The highest BCUT2D eigenvalue weighted by Crippen LogP contribution is 2.12. The predicted molar refractivity (Wildman–Crippen MR) is 93.7 cm³/mol.